The Morgan fingerprint density at radius 3 is 2.24 bits per heavy atom. The van der Waals surface area contributed by atoms with Gasteiger partial charge in [0.2, 0.25) is 0 Å². The quantitative estimate of drug-likeness (QED) is 0.853. The fourth-order valence-corrected chi connectivity index (χ4v) is 2.80. The number of rotatable bonds is 2. The highest BCUT2D eigenvalue weighted by Gasteiger charge is 2.29. The summed E-state index contributed by atoms with van der Waals surface area (Å²) >= 11 is 0. The molecular formula is C14H21NO2. The number of hydrogen-bond donors (Lipinski definition) is 1. The number of aliphatic hydroxyl groups is 1. The van der Waals surface area contributed by atoms with E-state index in [2.05, 4.69) is 4.57 Å². The van der Waals surface area contributed by atoms with E-state index in [-0.39, 0.29) is 5.43 Å². The van der Waals surface area contributed by atoms with Crippen molar-refractivity contribution in [3.8, 4) is 0 Å². The maximum Gasteiger partial charge on any atom is 0.182 e. The van der Waals surface area contributed by atoms with Crippen LogP contribution in [-0.2, 0) is 6.54 Å². The highest BCUT2D eigenvalue weighted by atomic mass is 16.3. The molecule has 1 saturated carbocycles. The predicted molar refractivity (Wildman–Crippen MR) is 68.2 cm³/mol. The van der Waals surface area contributed by atoms with E-state index in [0.29, 0.717) is 6.54 Å². The molecule has 0 amide bonds. The van der Waals surface area contributed by atoms with Crippen molar-refractivity contribution in [3.63, 3.8) is 0 Å². The Balaban J connectivity index is 2.26. The summed E-state index contributed by atoms with van der Waals surface area (Å²) in [5.41, 5.74) is 1.35. The summed E-state index contributed by atoms with van der Waals surface area (Å²) in [5, 5.41) is 10.5. The topological polar surface area (TPSA) is 42.2 Å². The van der Waals surface area contributed by atoms with Crippen LogP contribution in [0.25, 0.3) is 0 Å². The average Bonchev–Trinajstić information content (AvgIpc) is 2.24. The number of aryl methyl sites for hydroxylation is 2. The molecular weight excluding hydrogens is 214 g/mol. The van der Waals surface area contributed by atoms with Gasteiger partial charge in [0, 0.05) is 23.5 Å². The third-order valence-corrected chi connectivity index (χ3v) is 3.79. The largest absolute Gasteiger partial charge is 0.388 e. The van der Waals surface area contributed by atoms with Crippen molar-refractivity contribution >= 4 is 0 Å². The molecule has 1 aliphatic rings. The van der Waals surface area contributed by atoms with Crippen molar-refractivity contribution < 1.29 is 5.11 Å². The van der Waals surface area contributed by atoms with Gasteiger partial charge in [-0.2, -0.15) is 0 Å². The van der Waals surface area contributed by atoms with E-state index in [4.69, 9.17) is 0 Å². The molecule has 1 heterocycles. The highest BCUT2D eigenvalue weighted by Crippen LogP contribution is 2.30. The summed E-state index contributed by atoms with van der Waals surface area (Å²) < 4.78 is 2.06. The average molecular weight is 235 g/mol. The van der Waals surface area contributed by atoms with Gasteiger partial charge < -0.3 is 9.67 Å². The summed E-state index contributed by atoms with van der Waals surface area (Å²) in [7, 11) is 0. The van der Waals surface area contributed by atoms with Crippen LogP contribution < -0.4 is 5.43 Å². The lowest BCUT2D eigenvalue weighted by Gasteiger charge is -2.34. The van der Waals surface area contributed by atoms with Crippen molar-refractivity contribution in [1.82, 2.24) is 4.57 Å². The van der Waals surface area contributed by atoms with Crippen LogP contribution in [0.3, 0.4) is 0 Å². The van der Waals surface area contributed by atoms with Crippen molar-refractivity contribution in [3.05, 3.63) is 33.7 Å². The minimum Gasteiger partial charge on any atom is -0.388 e. The molecule has 0 aliphatic heterocycles. The van der Waals surface area contributed by atoms with Crippen LogP contribution in [-0.4, -0.2) is 15.3 Å². The molecule has 0 spiro atoms. The van der Waals surface area contributed by atoms with E-state index in [1.54, 1.807) is 12.1 Å². The molecule has 0 aromatic carbocycles. The van der Waals surface area contributed by atoms with Crippen molar-refractivity contribution in [2.75, 3.05) is 0 Å². The number of pyridine rings is 1. The summed E-state index contributed by atoms with van der Waals surface area (Å²) in [6.45, 7) is 4.48. The first kappa shape index (κ1) is 12.4. The minimum absolute atomic E-state index is 0.0480. The molecule has 0 radical (unpaired) electrons. The summed E-state index contributed by atoms with van der Waals surface area (Å²) in [5.74, 6) is 0. The molecule has 17 heavy (non-hydrogen) atoms. The Labute approximate surface area is 102 Å². The molecule has 1 aromatic heterocycles. The lowest BCUT2D eigenvalue weighted by Crippen LogP contribution is -2.37. The fourth-order valence-electron chi connectivity index (χ4n) is 2.80. The summed E-state index contributed by atoms with van der Waals surface area (Å²) in [6, 6.07) is 3.28. The zero-order valence-corrected chi connectivity index (χ0v) is 10.7. The zero-order valence-electron chi connectivity index (χ0n) is 10.7. The van der Waals surface area contributed by atoms with Crippen molar-refractivity contribution in [1.29, 1.82) is 0 Å². The van der Waals surface area contributed by atoms with E-state index in [1.165, 1.54) is 6.42 Å². The van der Waals surface area contributed by atoms with E-state index in [1.807, 2.05) is 13.8 Å². The van der Waals surface area contributed by atoms with Crippen LogP contribution in [0.5, 0.6) is 0 Å². The van der Waals surface area contributed by atoms with Crippen LogP contribution in [0.4, 0.5) is 0 Å². The minimum atomic E-state index is -0.581. The van der Waals surface area contributed by atoms with Crippen LogP contribution in [0.2, 0.25) is 0 Å². The second-order valence-corrected chi connectivity index (χ2v) is 5.34. The third kappa shape index (κ3) is 2.78. The second kappa shape index (κ2) is 4.65. The van der Waals surface area contributed by atoms with Gasteiger partial charge in [0.05, 0.1) is 12.1 Å². The third-order valence-electron chi connectivity index (χ3n) is 3.79. The van der Waals surface area contributed by atoms with Crippen molar-refractivity contribution in [2.45, 2.75) is 58.1 Å². The van der Waals surface area contributed by atoms with E-state index in [0.717, 1.165) is 37.1 Å². The Bertz CT molecular complexity index is 430. The van der Waals surface area contributed by atoms with Gasteiger partial charge in [-0.15, -0.1) is 0 Å². The molecule has 3 heteroatoms. The number of nitrogens with zero attached hydrogens (tertiary/aromatic N) is 1. The summed E-state index contributed by atoms with van der Waals surface area (Å²) in [4.78, 5) is 11.4. The van der Waals surface area contributed by atoms with Gasteiger partial charge in [0.1, 0.15) is 0 Å². The lowest BCUT2D eigenvalue weighted by molar-refractivity contribution is -0.0124. The van der Waals surface area contributed by atoms with Gasteiger partial charge in [-0.3, -0.25) is 4.79 Å². The first-order chi connectivity index (χ1) is 8.00. The number of aromatic nitrogens is 1. The van der Waals surface area contributed by atoms with Crippen LogP contribution in [0.15, 0.2) is 16.9 Å². The van der Waals surface area contributed by atoms with Crippen LogP contribution in [0, 0.1) is 13.8 Å². The van der Waals surface area contributed by atoms with Crippen molar-refractivity contribution in [2.24, 2.45) is 0 Å². The molecule has 0 bridgehead atoms. The van der Waals surface area contributed by atoms with Gasteiger partial charge in [-0.1, -0.05) is 19.3 Å². The molecule has 1 N–H and O–H groups in total. The molecule has 1 fully saturated rings. The zero-order chi connectivity index (χ0) is 12.5. The molecule has 94 valence electrons. The maximum absolute atomic E-state index is 11.4. The fraction of sp³-hybridized carbons (Fsp3) is 0.643. The van der Waals surface area contributed by atoms with Crippen LogP contribution >= 0.6 is 0 Å². The van der Waals surface area contributed by atoms with Gasteiger partial charge in [0.15, 0.2) is 5.43 Å². The van der Waals surface area contributed by atoms with Crippen LogP contribution in [0.1, 0.15) is 43.5 Å². The molecule has 1 aromatic rings. The van der Waals surface area contributed by atoms with Gasteiger partial charge in [-0.25, -0.2) is 0 Å². The SMILES string of the molecule is Cc1cc(=O)cc(C)n1CC1(O)CCCCC1. The van der Waals surface area contributed by atoms with Gasteiger partial charge >= 0.3 is 0 Å². The first-order valence-electron chi connectivity index (χ1n) is 6.41. The normalized spacial score (nSPS) is 19.2. The van der Waals surface area contributed by atoms with E-state index in [9.17, 15) is 9.90 Å². The standard InChI is InChI=1S/C14H21NO2/c1-11-8-13(16)9-12(2)15(11)10-14(17)6-4-3-5-7-14/h8-9,17H,3-7,10H2,1-2H3. The maximum atomic E-state index is 11.4. The Hall–Kier alpha value is -1.09. The van der Waals surface area contributed by atoms with Gasteiger partial charge in [-0.05, 0) is 26.7 Å². The first-order valence-corrected chi connectivity index (χ1v) is 6.41. The molecule has 0 saturated heterocycles. The molecule has 2 rings (SSSR count). The number of hydrogen-bond acceptors (Lipinski definition) is 2. The smallest absolute Gasteiger partial charge is 0.182 e. The van der Waals surface area contributed by atoms with E-state index < -0.39 is 5.60 Å². The Kier molecular flexibility index (Phi) is 3.38. The molecule has 0 unspecified atom stereocenters. The molecule has 1 aliphatic carbocycles. The van der Waals surface area contributed by atoms with E-state index >= 15 is 0 Å². The lowest BCUT2D eigenvalue weighted by atomic mass is 9.84. The molecule has 0 atom stereocenters. The summed E-state index contributed by atoms with van der Waals surface area (Å²) in [6.07, 6.45) is 5.18. The second-order valence-electron chi connectivity index (χ2n) is 5.34. The Morgan fingerprint density at radius 2 is 1.71 bits per heavy atom. The Morgan fingerprint density at radius 1 is 1.18 bits per heavy atom. The highest BCUT2D eigenvalue weighted by molar-refractivity contribution is 5.13. The molecule has 3 nitrogen and oxygen atoms in total. The monoisotopic (exact) mass is 235 g/mol. The van der Waals surface area contributed by atoms with Gasteiger partial charge in [0.25, 0.3) is 0 Å². The predicted octanol–water partition coefficient (Wildman–Crippen LogP) is 2.16.